The van der Waals surface area contributed by atoms with Gasteiger partial charge in [0.15, 0.2) is 6.23 Å². The lowest BCUT2D eigenvalue weighted by Crippen LogP contribution is -2.56. The van der Waals surface area contributed by atoms with E-state index in [1.165, 1.54) is 0 Å². The van der Waals surface area contributed by atoms with Crippen LogP contribution in [0.15, 0.2) is 24.5 Å². The first-order valence-corrected chi connectivity index (χ1v) is 5.08. The van der Waals surface area contributed by atoms with Crippen LogP contribution < -0.4 is 0 Å². The lowest BCUT2D eigenvalue weighted by Gasteiger charge is -2.40. The van der Waals surface area contributed by atoms with Crippen LogP contribution in [0.2, 0.25) is 0 Å². The van der Waals surface area contributed by atoms with Crippen LogP contribution in [0.4, 0.5) is 0 Å². The molecule has 5 atom stereocenters. The summed E-state index contributed by atoms with van der Waals surface area (Å²) in [4.78, 5) is 0. The van der Waals surface area contributed by atoms with Gasteiger partial charge >= 0.3 is 0 Å². The van der Waals surface area contributed by atoms with Crippen molar-refractivity contribution in [3.05, 3.63) is 24.5 Å². The van der Waals surface area contributed by atoms with Crippen LogP contribution in [-0.4, -0.2) is 56.0 Å². The topological polar surface area (TPSA) is 95.1 Å². The summed E-state index contributed by atoms with van der Waals surface area (Å²) in [6, 6.07) is 3.50. The van der Waals surface area contributed by atoms with Gasteiger partial charge in [0, 0.05) is 12.4 Å². The lowest BCUT2D eigenvalue weighted by molar-refractivity contribution is -0.251. The van der Waals surface area contributed by atoms with E-state index in [4.69, 9.17) is 9.84 Å². The highest BCUT2D eigenvalue weighted by molar-refractivity contribution is 4.97. The molecule has 1 saturated heterocycles. The Morgan fingerprint density at radius 3 is 2.19 bits per heavy atom. The second kappa shape index (κ2) is 4.52. The Kier molecular flexibility index (Phi) is 3.27. The van der Waals surface area contributed by atoms with Gasteiger partial charge in [0.05, 0.1) is 6.61 Å². The molecular weight excluding hydrogens is 214 g/mol. The van der Waals surface area contributed by atoms with Crippen LogP contribution >= 0.6 is 0 Å². The SMILES string of the molecule is OC[C@H]1O[C@@H](n2cccc2)[C@H](O)[C@@H](O)[C@@H]1O. The highest BCUT2D eigenvalue weighted by atomic mass is 16.6. The molecule has 6 heteroatoms. The molecule has 4 N–H and O–H groups in total. The van der Waals surface area contributed by atoms with Gasteiger partial charge in [-0.25, -0.2) is 0 Å². The summed E-state index contributed by atoms with van der Waals surface area (Å²) in [5.74, 6) is 0. The van der Waals surface area contributed by atoms with Crippen LogP contribution in [0.1, 0.15) is 6.23 Å². The standard InChI is InChI=1S/C10H15NO5/c12-5-6-7(13)8(14)9(15)10(16-6)11-3-1-2-4-11/h1-4,6-10,12-15H,5H2/t6-,7-,8+,9-,10-/m1/s1. The largest absolute Gasteiger partial charge is 0.394 e. The molecule has 0 aromatic carbocycles. The first kappa shape index (κ1) is 11.6. The molecule has 6 nitrogen and oxygen atoms in total. The van der Waals surface area contributed by atoms with E-state index in [0.717, 1.165) is 0 Å². The fourth-order valence-corrected chi connectivity index (χ4v) is 1.85. The highest BCUT2D eigenvalue weighted by Crippen LogP contribution is 2.28. The number of aliphatic hydroxyl groups excluding tert-OH is 4. The van der Waals surface area contributed by atoms with Crippen LogP contribution in [-0.2, 0) is 4.74 Å². The predicted molar refractivity (Wildman–Crippen MR) is 53.4 cm³/mol. The van der Waals surface area contributed by atoms with Gasteiger partial charge in [-0.05, 0) is 12.1 Å². The molecule has 0 bridgehead atoms. The van der Waals surface area contributed by atoms with Gasteiger partial charge in [-0.3, -0.25) is 0 Å². The molecule has 1 aliphatic rings. The van der Waals surface area contributed by atoms with E-state index in [1.54, 1.807) is 29.1 Å². The third-order valence-electron chi connectivity index (χ3n) is 2.79. The van der Waals surface area contributed by atoms with Gasteiger partial charge < -0.3 is 29.7 Å². The molecule has 1 aliphatic heterocycles. The van der Waals surface area contributed by atoms with Crippen molar-refractivity contribution in [2.45, 2.75) is 30.6 Å². The van der Waals surface area contributed by atoms with E-state index in [0.29, 0.717) is 0 Å². The minimum atomic E-state index is -1.33. The Morgan fingerprint density at radius 1 is 1.00 bits per heavy atom. The summed E-state index contributed by atoms with van der Waals surface area (Å²) < 4.78 is 6.90. The molecule has 1 aromatic rings. The van der Waals surface area contributed by atoms with E-state index in [-0.39, 0.29) is 0 Å². The smallest absolute Gasteiger partial charge is 0.162 e. The van der Waals surface area contributed by atoms with Crippen molar-refractivity contribution in [1.82, 2.24) is 4.57 Å². The molecule has 90 valence electrons. The molecule has 2 heterocycles. The third-order valence-corrected chi connectivity index (χ3v) is 2.79. The van der Waals surface area contributed by atoms with Crippen molar-refractivity contribution in [3.63, 3.8) is 0 Å². The first-order valence-electron chi connectivity index (χ1n) is 5.08. The second-order valence-corrected chi connectivity index (χ2v) is 3.85. The van der Waals surface area contributed by atoms with Crippen molar-refractivity contribution in [3.8, 4) is 0 Å². The number of hydrogen-bond donors (Lipinski definition) is 4. The molecule has 2 rings (SSSR count). The minimum absolute atomic E-state index is 0.414. The lowest BCUT2D eigenvalue weighted by atomic mass is 9.98. The third kappa shape index (κ3) is 1.85. The Hall–Kier alpha value is -0.920. The number of hydrogen-bond acceptors (Lipinski definition) is 5. The summed E-state index contributed by atoms with van der Waals surface area (Å²) in [5.41, 5.74) is 0. The van der Waals surface area contributed by atoms with Gasteiger partial charge in [-0.2, -0.15) is 0 Å². The molecule has 1 aromatic heterocycles. The van der Waals surface area contributed by atoms with E-state index in [9.17, 15) is 15.3 Å². The highest BCUT2D eigenvalue weighted by Gasteiger charge is 2.43. The molecule has 0 saturated carbocycles. The minimum Gasteiger partial charge on any atom is -0.394 e. The monoisotopic (exact) mass is 229 g/mol. The maximum atomic E-state index is 9.76. The van der Waals surface area contributed by atoms with Gasteiger partial charge in [0.1, 0.15) is 24.4 Å². The van der Waals surface area contributed by atoms with Crippen molar-refractivity contribution < 1.29 is 25.2 Å². The molecule has 0 aliphatic carbocycles. The normalized spacial score (nSPS) is 39.9. The Morgan fingerprint density at radius 2 is 1.62 bits per heavy atom. The van der Waals surface area contributed by atoms with Crippen LogP contribution in [0, 0.1) is 0 Å². The van der Waals surface area contributed by atoms with Gasteiger partial charge in [0.2, 0.25) is 0 Å². The van der Waals surface area contributed by atoms with E-state index in [1.807, 2.05) is 0 Å². The van der Waals surface area contributed by atoms with Crippen LogP contribution in [0.25, 0.3) is 0 Å². The summed E-state index contributed by atoms with van der Waals surface area (Å²) in [5, 5.41) is 37.9. The van der Waals surface area contributed by atoms with E-state index < -0.39 is 37.3 Å². The second-order valence-electron chi connectivity index (χ2n) is 3.85. The molecule has 0 spiro atoms. The fourth-order valence-electron chi connectivity index (χ4n) is 1.85. The zero-order chi connectivity index (χ0) is 11.7. The molecule has 1 fully saturated rings. The Labute approximate surface area is 92.3 Å². The zero-order valence-electron chi connectivity index (χ0n) is 8.55. The number of rotatable bonds is 2. The van der Waals surface area contributed by atoms with Crippen LogP contribution in [0.5, 0.6) is 0 Å². The number of aliphatic hydroxyl groups is 4. The molecule has 16 heavy (non-hydrogen) atoms. The van der Waals surface area contributed by atoms with E-state index in [2.05, 4.69) is 0 Å². The summed E-state index contributed by atoms with van der Waals surface area (Å²) in [6.45, 7) is -0.414. The van der Waals surface area contributed by atoms with E-state index >= 15 is 0 Å². The average molecular weight is 229 g/mol. The average Bonchev–Trinajstić information content (AvgIpc) is 2.80. The van der Waals surface area contributed by atoms with Gasteiger partial charge in [0.25, 0.3) is 0 Å². The van der Waals surface area contributed by atoms with Crippen LogP contribution in [0.3, 0.4) is 0 Å². The summed E-state index contributed by atoms with van der Waals surface area (Å²) >= 11 is 0. The first-order chi connectivity index (χ1) is 7.65. The molecule has 0 unspecified atom stereocenters. The predicted octanol–water partition coefficient (Wildman–Crippen LogP) is -1.54. The van der Waals surface area contributed by atoms with Gasteiger partial charge in [-0.1, -0.05) is 0 Å². The maximum absolute atomic E-state index is 9.76. The summed E-state index contributed by atoms with van der Waals surface area (Å²) in [7, 11) is 0. The Balaban J connectivity index is 2.20. The maximum Gasteiger partial charge on any atom is 0.162 e. The van der Waals surface area contributed by atoms with Crippen molar-refractivity contribution in [2.75, 3.05) is 6.61 Å². The molecule has 0 radical (unpaired) electrons. The number of nitrogens with zero attached hydrogens (tertiary/aromatic N) is 1. The zero-order valence-corrected chi connectivity index (χ0v) is 8.55. The fraction of sp³-hybridized carbons (Fsp3) is 0.600. The molecule has 0 amide bonds. The van der Waals surface area contributed by atoms with Crippen molar-refractivity contribution >= 4 is 0 Å². The number of aromatic nitrogens is 1. The number of ether oxygens (including phenoxy) is 1. The quantitative estimate of drug-likeness (QED) is 0.493. The van der Waals surface area contributed by atoms with Crippen molar-refractivity contribution in [1.29, 1.82) is 0 Å². The molecular formula is C10H15NO5. The van der Waals surface area contributed by atoms with Crippen molar-refractivity contribution in [2.24, 2.45) is 0 Å². The van der Waals surface area contributed by atoms with Gasteiger partial charge in [-0.15, -0.1) is 0 Å². The summed E-state index contributed by atoms with van der Waals surface area (Å²) in [6.07, 6.45) is -2.20. The Bertz CT molecular complexity index is 326.